The standard InChI is InChI=1S/C15H21NO2.ClH/c1-10-7-11(2)15-13(8-10)14(17)12(5-6-18-15)9-16(3)4;/h7-8,12H,5-6,9H2,1-4H3;1H. The molecule has 19 heavy (non-hydrogen) atoms. The van der Waals surface area contributed by atoms with E-state index in [1.807, 2.05) is 34.0 Å². The fourth-order valence-electron chi connectivity index (χ4n) is 2.60. The van der Waals surface area contributed by atoms with Gasteiger partial charge in [0.25, 0.3) is 0 Å². The van der Waals surface area contributed by atoms with Crippen LogP contribution in [-0.4, -0.2) is 37.9 Å². The molecule has 1 heterocycles. The molecule has 0 saturated heterocycles. The van der Waals surface area contributed by atoms with E-state index in [9.17, 15) is 4.79 Å². The predicted molar refractivity (Wildman–Crippen MR) is 79.7 cm³/mol. The lowest BCUT2D eigenvalue weighted by Gasteiger charge is -2.17. The number of ether oxygens (including phenoxy) is 1. The molecule has 0 radical (unpaired) electrons. The number of fused-ring (bicyclic) bond motifs is 1. The van der Waals surface area contributed by atoms with Gasteiger partial charge in [0.1, 0.15) is 5.75 Å². The van der Waals surface area contributed by atoms with Gasteiger partial charge in [-0.3, -0.25) is 4.79 Å². The number of ketones is 1. The SMILES string of the molecule is Cc1cc(C)c2c(c1)C(=O)C(CN(C)C)CCO2.Cl. The highest BCUT2D eigenvalue weighted by Gasteiger charge is 2.27. The summed E-state index contributed by atoms with van der Waals surface area (Å²) in [6.07, 6.45) is 0.796. The van der Waals surface area contributed by atoms with Crippen molar-refractivity contribution < 1.29 is 9.53 Å². The van der Waals surface area contributed by atoms with E-state index in [4.69, 9.17) is 4.74 Å². The van der Waals surface area contributed by atoms with Crippen LogP contribution in [0.15, 0.2) is 12.1 Å². The predicted octanol–water partition coefficient (Wildman–Crippen LogP) is 2.87. The molecule has 4 heteroatoms. The van der Waals surface area contributed by atoms with Crippen LogP contribution >= 0.6 is 12.4 Å². The van der Waals surface area contributed by atoms with Crippen LogP contribution in [0, 0.1) is 19.8 Å². The third kappa shape index (κ3) is 3.48. The monoisotopic (exact) mass is 283 g/mol. The maximum absolute atomic E-state index is 12.6. The number of rotatable bonds is 2. The molecular weight excluding hydrogens is 262 g/mol. The minimum atomic E-state index is 0. The van der Waals surface area contributed by atoms with E-state index < -0.39 is 0 Å². The van der Waals surface area contributed by atoms with Crippen LogP contribution in [0.1, 0.15) is 27.9 Å². The molecule has 0 aliphatic carbocycles. The maximum Gasteiger partial charge on any atom is 0.171 e. The highest BCUT2D eigenvalue weighted by molar-refractivity contribution is 6.01. The van der Waals surface area contributed by atoms with Gasteiger partial charge >= 0.3 is 0 Å². The van der Waals surface area contributed by atoms with Crippen molar-refractivity contribution in [3.05, 3.63) is 28.8 Å². The topological polar surface area (TPSA) is 29.5 Å². The third-order valence-electron chi connectivity index (χ3n) is 3.35. The smallest absolute Gasteiger partial charge is 0.171 e. The summed E-state index contributed by atoms with van der Waals surface area (Å²) in [5.74, 6) is 1.05. The van der Waals surface area contributed by atoms with Crippen LogP contribution in [0.3, 0.4) is 0 Å². The molecule has 0 N–H and O–H groups in total. The second-order valence-corrected chi connectivity index (χ2v) is 5.42. The zero-order valence-electron chi connectivity index (χ0n) is 12.0. The van der Waals surface area contributed by atoms with Gasteiger partial charge in [-0.05, 0) is 51.6 Å². The summed E-state index contributed by atoms with van der Waals surface area (Å²) in [7, 11) is 4.00. The molecule has 0 aromatic heterocycles. The molecule has 1 atom stereocenters. The van der Waals surface area contributed by atoms with E-state index in [0.717, 1.165) is 35.4 Å². The number of carbonyl (C=O) groups is 1. The van der Waals surface area contributed by atoms with Crippen LogP contribution in [-0.2, 0) is 0 Å². The fraction of sp³-hybridized carbons (Fsp3) is 0.533. The zero-order chi connectivity index (χ0) is 13.3. The van der Waals surface area contributed by atoms with Crippen molar-refractivity contribution in [2.24, 2.45) is 5.92 Å². The van der Waals surface area contributed by atoms with E-state index in [-0.39, 0.29) is 24.1 Å². The molecular formula is C15H22ClNO2. The highest BCUT2D eigenvalue weighted by Crippen LogP contribution is 2.31. The average molecular weight is 284 g/mol. The number of carbonyl (C=O) groups excluding carboxylic acids is 1. The number of hydrogen-bond donors (Lipinski definition) is 0. The first-order valence-corrected chi connectivity index (χ1v) is 6.42. The first kappa shape index (κ1) is 16.0. The Kier molecular flexibility index (Phi) is 5.39. The Balaban J connectivity index is 0.00000180. The van der Waals surface area contributed by atoms with Crippen molar-refractivity contribution in [2.75, 3.05) is 27.2 Å². The normalized spacial score (nSPS) is 18.4. The van der Waals surface area contributed by atoms with Crippen molar-refractivity contribution in [1.29, 1.82) is 0 Å². The van der Waals surface area contributed by atoms with E-state index >= 15 is 0 Å². The summed E-state index contributed by atoms with van der Waals surface area (Å²) < 4.78 is 5.78. The van der Waals surface area contributed by atoms with Crippen LogP contribution in [0.2, 0.25) is 0 Å². The summed E-state index contributed by atoms with van der Waals surface area (Å²) in [5.41, 5.74) is 2.94. The summed E-state index contributed by atoms with van der Waals surface area (Å²) in [5, 5.41) is 0. The van der Waals surface area contributed by atoms with Gasteiger partial charge in [-0.2, -0.15) is 0 Å². The number of halogens is 1. The van der Waals surface area contributed by atoms with Gasteiger partial charge in [0.05, 0.1) is 12.2 Å². The van der Waals surface area contributed by atoms with Crippen LogP contribution in [0.5, 0.6) is 5.75 Å². The molecule has 1 aliphatic rings. The van der Waals surface area contributed by atoms with Crippen LogP contribution in [0.25, 0.3) is 0 Å². The Morgan fingerprint density at radius 1 is 1.32 bits per heavy atom. The number of benzene rings is 1. The minimum Gasteiger partial charge on any atom is -0.493 e. The largest absolute Gasteiger partial charge is 0.493 e. The first-order chi connectivity index (χ1) is 8.49. The van der Waals surface area contributed by atoms with Gasteiger partial charge in [-0.15, -0.1) is 12.4 Å². The zero-order valence-corrected chi connectivity index (χ0v) is 12.8. The molecule has 0 spiro atoms. The molecule has 1 aromatic rings. The lowest BCUT2D eigenvalue weighted by Crippen LogP contribution is -2.28. The van der Waals surface area contributed by atoms with E-state index in [1.54, 1.807) is 0 Å². The van der Waals surface area contributed by atoms with Crippen LogP contribution in [0.4, 0.5) is 0 Å². The molecule has 2 rings (SSSR count). The van der Waals surface area contributed by atoms with Gasteiger partial charge in [0.2, 0.25) is 0 Å². The Labute approximate surface area is 121 Å². The summed E-state index contributed by atoms with van der Waals surface area (Å²) in [6.45, 7) is 5.44. The van der Waals surface area contributed by atoms with E-state index in [1.165, 1.54) is 0 Å². The molecule has 0 bridgehead atoms. The van der Waals surface area contributed by atoms with Gasteiger partial charge in [-0.25, -0.2) is 0 Å². The van der Waals surface area contributed by atoms with E-state index in [0.29, 0.717) is 6.61 Å². The van der Waals surface area contributed by atoms with Crippen LogP contribution < -0.4 is 4.74 Å². The Morgan fingerprint density at radius 3 is 2.63 bits per heavy atom. The van der Waals surface area contributed by atoms with Gasteiger partial charge < -0.3 is 9.64 Å². The van der Waals surface area contributed by atoms with E-state index in [2.05, 4.69) is 11.0 Å². The second kappa shape index (κ2) is 6.40. The Hall–Kier alpha value is -1.06. The second-order valence-electron chi connectivity index (χ2n) is 5.42. The fourth-order valence-corrected chi connectivity index (χ4v) is 2.60. The summed E-state index contributed by atoms with van der Waals surface area (Å²) in [4.78, 5) is 14.6. The van der Waals surface area contributed by atoms with Crippen molar-refractivity contribution in [3.8, 4) is 5.75 Å². The molecule has 3 nitrogen and oxygen atoms in total. The average Bonchev–Trinajstić information content (AvgIpc) is 2.41. The molecule has 0 saturated carbocycles. The van der Waals surface area contributed by atoms with Crippen molar-refractivity contribution >= 4 is 18.2 Å². The minimum absolute atomic E-state index is 0. The number of Topliss-reactive ketones (excluding diaryl/α,β-unsaturated/α-hetero) is 1. The molecule has 0 fully saturated rings. The van der Waals surface area contributed by atoms with Crippen molar-refractivity contribution in [3.63, 3.8) is 0 Å². The molecule has 1 aromatic carbocycles. The molecule has 0 amide bonds. The highest BCUT2D eigenvalue weighted by atomic mass is 35.5. The molecule has 1 unspecified atom stereocenters. The summed E-state index contributed by atoms with van der Waals surface area (Å²) >= 11 is 0. The number of aryl methyl sites for hydroxylation is 2. The Morgan fingerprint density at radius 2 is 2.00 bits per heavy atom. The van der Waals surface area contributed by atoms with Crippen molar-refractivity contribution in [1.82, 2.24) is 4.90 Å². The summed E-state index contributed by atoms with van der Waals surface area (Å²) in [6, 6.07) is 4.02. The maximum atomic E-state index is 12.6. The number of nitrogens with zero attached hydrogens (tertiary/aromatic N) is 1. The van der Waals surface area contributed by atoms with Gasteiger partial charge in [0, 0.05) is 12.5 Å². The molecule has 106 valence electrons. The van der Waals surface area contributed by atoms with Gasteiger partial charge in [-0.1, -0.05) is 6.07 Å². The van der Waals surface area contributed by atoms with Gasteiger partial charge in [0.15, 0.2) is 5.78 Å². The number of hydrogen-bond acceptors (Lipinski definition) is 3. The molecule has 1 aliphatic heterocycles. The lowest BCUT2D eigenvalue weighted by molar-refractivity contribution is 0.0891. The Bertz CT molecular complexity index is 471. The van der Waals surface area contributed by atoms with Crippen molar-refractivity contribution in [2.45, 2.75) is 20.3 Å². The first-order valence-electron chi connectivity index (χ1n) is 6.42. The quantitative estimate of drug-likeness (QED) is 0.836. The lowest BCUT2D eigenvalue weighted by atomic mass is 9.93. The third-order valence-corrected chi connectivity index (χ3v) is 3.35.